The molecule has 200 valence electrons. The van der Waals surface area contributed by atoms with Crippen LogP contribution < -0.4 is 19.7 Å². The van der Waals surface area contributed by atoms with E-state index in [0.29, 0.717) is 37.1 Å². The van der Waals surface area contributed by atoms with E-state index in [1.807, 2.05) is 0 Å². The Hall–Kier alpha value is -3.86. The van der Waals surface area contributed by atoms with Crippen LogP contribution in [-0.4, -0.2) is 38.0 Å². The Morgan fingerprint density at radius 3 is 2.38 bits per heavy atom. The quantitative estimate of drug-likeness (QED) is 0.199. The summed E-state index contributed by atoms with van der Waals surface area (Å²) in [4.78, 5) is 50.9. The van der Waals surface area contributed by atoms with Gasteiger partial charge in [-0.25, -0.2) is 14.5 Å². The zero-order valence-corrected chi connectivity index (χ0v) is 23.5. The van der Waals surface area contributed by atoms with Gasteiger partial charge in [-0.05, 0) is 76.1 Å². The Morgan fingerprint density at radius 2 is 1.74 bits per heavy atom. The highest BCUT2D eigenvalue weighted by atomic mass is 79.9. The third-order valence-electron chi connectivity index (χ3n) is 5.60. The molecule has 0 saturated carbocycles. The monoisotopic (exact) mass is 632 g/mol. The largest absolute Gasteiger partial charge is 0.493 e. The lowest BCUT2D eigenvalue weighted by molar-refractivity contribution is -0.122. The summed E-state index contributed by atoms with van der Waals surface area (Å²) in [5.41, 5.74) is 1.23. The molecule has 39 heavy (non-hydrogen) atoms. The molecule has 3 aromatic carbocycles. The molecule has 0 atom stereocenters. The second-order valence-corrected chi connectivity index (χ2v) is 9.75. The van der Waals surface area contributed by atoms with Crippen LogP contribution in [0.1, 0.15) is 21.5 Å². The fraction of sp³-hybridized carbons (Fsp3) is 0.111. The first-order valence-electron chi connectivity index (χ1n) is 11.2. The van der Waals surface area contributed by atoms with Gasteiger partial charge >= 0.3 is 12.0 Å². The molecule has 1 heterocycles. The lowest BCUT2D eigenvalue weighted by atomic mass is 10.1. The van der Waals surface area contributed by atoms with Gasteiger partial charge < -0.3 is 14.2 Å². The van der Waals surface area contributed by atoms with Gasteiger partial charge in [-0.2, -0.15) is 0 Å². The Morgan fingerprint density at radius 1 is 1.03 bits per heavy atom. The van der Waals surface area contributed by atoms with Crippen molar-refractivity contribution < 1.29 is 33.4 Å². The number of barbiturate groups is 1. The van der Waals surface area contributed by atoms with Crippen LogP contribution in [0.4, 0.5) is 10.5 Å². The molecule has 0 spiro atoms. The molecule has 0 unspecified atom stereocenters. The van der Waals surface area contributed by atoms with Gasteiger partial charge in [-0.3, -0.25) is 14.9 Å². The smallest absolute Gasteiger partial charge is 0.337 e. The number of ether oxygens (including phenoxy) is 3. The van der Waals surface area contributed by atoms with E-state index in [1.165, 1.54) is 44.6 Å². The van der Waals surface area contributed by atoms with E-state index in [2.05, 4.69) is 26.0 Å². The van der Waals surface area contributed by atoms with Crippen LogP contribution in [0, 0.1) is 0 Å². The number of carbonyl (C=O) groups is 4. The number of nitrogens with one attached hydrogen (secondary N) is 1. The first-order valence-corrected chi connectivity index (χ1v) is 12.7. The van der Waals surface area contributed by atoms with Gasteiger partial charge in [0.05, 0.1) is 29.9 Å². The Balaban J connectivity index is 1.62. The van der Waals surface area contributed by atoms with Crippen molar-refractivity contribution in [2.24, 2.45) is 0 Å². The molecule has 4 rings (SSSR count). The van der Waals surface area contributed by atoms with Gasteiger partial charge in [-0.1, -0.05) is 29.3 Å². The topological polar surface area (TPSA) is 111 Å². The number of carbonyl (C=O) groups excluding carboxylic acids is 4. The number of benzene rings is 3. The minimum atomic E-state index is -0.920. The fourth-order valence-electron chi connectivity index (χ4n) is 3.67. The molecule has 1 saturated heterocycles. The van der Waals surface area contributed by atoms with Gasteiger partial charge in [0.15, 0.2) is 11.5 Å². The van der Waals surface area contributed by atoms with Crippen molar-refractivity contribution in [1.82, 2.24) is 5.32 Å². The molecule has 12 heteroatoms. The maximum Gasteiger partial charge on any atom is 0.337 e. The first kappa shape index (κ1) is 28.2. The predicted octanol–water partition coefficient (Wildman–Crippen LogP) is 5.80. The summed E-state index contributed by atoms with van der Waals surface area (Å²) < 4.78 is 16.5. The second kappa shape index (κ2) is 11.9. The number of hydrogen-bond donors (Lipinski definition) is 1. The van der Waals surface area contributed by atoms with E-state index in [-0.39, 0.29) is 23.4 Å². The van der Waals surface area contributed by atoms with Gasteiger partial charge in [0.25, 0.3) is 11.8 Å². The zero-order chi connectivity index (χ0) is 28.3. The molecular weight excluding hydrogens is 615 g/mol. The van der Waals surface area contributed by atoms with Gasteiger partial charge in [0.1, 0.15) is 12.2 Å². The summed E-state index contributed by atoms with van der Waals surface area (Å²) in [7, 11) is 2.68. The van der Waals surface area contributed by atoms with Crippen LogP contribution in [0.2, 0.25) is 10.0 Å². The Bertz CT molecular complexity index is 1520. The fourth-order valence-corrected chi connectivity index (χ4v) is 4.71. The number of halogens is 3. The maximum atomic E-state index is 13.2. The van der Waals surface area contributed by atoms with Crippen LogP contribution in [0.3, 0.4) is 0 Å². The molecule has 0 aliphatic carbocycles. The van der Waals surface area contributed by atoms with Crippen molar-refractivity contribution in [3.63, 3.8) is 0 Å². The number of methoxy groups -OCH3 is 2. The molecule has 4 amide bonds. The number of nitrogens with zero attached hydrogens (tertiary/aromatic N) is 1. The molecule has 1 aliphatic heterocycles. The summed E-state index contributed by atoms with van der Waals surface area (Å²) in [6.07, 6.45) is 1.33. The predicted molar refractivity (Wildman–Crippen MR) is 148 cm³/mol. The van der Waals surface area contributed by atoms with Crippen molar-refractivity contribution in [2.75, 3.05) is 19.1 Å². The third kappa shape index (κ3) is 6.08. The molecule has 3 aromatic rings. The second-order valence-electron chi connectivity index (χ2n) is 8.05. The lowest BCUT2D eigenvalue weighted by Crippen LogP contribution is -2.54. The number of rotatable bonds is 7. The van der Waals surface area contributed by atoms with Crippen molar-refractivity contribution in [1.29, 1.82) is 0 Å². The summed E-state index contributed by atoms with van der Waals surface area (Å²) in [5.74, 6) is -1.60. The minimum absolute atomic E-state index is 0.123. The van der Waals surface area contributed by atoms with E-state index in [0.717, 1.165) is 4.90 Å². The highest BCUT2D eigenvalue weighted by Crippen LogP contribution is 2.38. The Labute approximate surface area is 241 Å². The van der Waals surface area contributed by atoms with Crippen molar-refractivity contribution in [2.45, 2.75) is 6.61 Å². The molecule has 0 radical (unpaired) electrons. The van der Waals surface area contributed by atoms with Gasteiger partial charge in [0.2, 0.25) is 0 Å². The molecular formula is C27H19BrCl2N2O7. The summed E-state index contributed by atoms with van der Waals surface area (Å²) in [6, 6.07) is 12.9. The molecule has 1 aliphatic rings. The normalized spacial score (nSPS) is 14.3. The van der Waals surface area contributed by atoms with Gasteiger partial charge in [0, 0.05) is 15.6 Å². The average molecular weight is 634 g/mol. The number of esters is 1. The SMILES string of the molecule is COC(=O)c1ccc(N2C(=O)NC(=O)/C(=C\c3cc(Br)c(OCc4ccc(Cl)cc4Cl)c(OC)c3)C2=O)cc1. The lowest BCUT2D eigenvalue weighted by Gasteiger charge is -2.26. The van der Waals surface area contributed by atoms with Crippen LogP contribution in [0.15, 0.2) is 64.6 Å². The van der Waals surface area contributed by atoms with Crippen LogP contribution >= 0.6 is 39.1 Å². The van der Waals surface area contributed by atoms with Crippen LogP contribution in [-0.2, 0) is 20.9 Å². The Kier molecular flexibility index (Phi) is 8.59. The van der Waals surface area contributed by atoms with E-state index in [4.69, 9.17) is 32.7 Å². The molecule has 0 aromatic heterocycles. The van der Waals surface area contributed by atoms with Crippen molar-refractivity contribution in [3.8, 4) is 11.5 Å². The first-order chi connectivity index (χ1) is 18.6. The number of hydrogen-bond acceptors (Lipinski definition) is 7. The van der Waals surface area contributed by atoms with Crippen LogP contribution in [0.5, 0.6) is 11.5 Å². The van der Waals surface area contributed by atoms with E-state index in [9.17, 15) is 19.2 Å². The summed E-state index contributed by atoms with van der Waals surface area (Å²) in [5, 5.41) is 3.10. The number of amides is 4. The van der Waals surface area contributed by atoms with E-state index < -0.39 is 23.8 Å². The maximum absolute atomic E-state index is 13.2. The standard InChI is InChI=1S/C27H19BrCl2N2O7/c1-37-22-11-14(10-20(28)23(22)39-13-16-3-6-17(29)12-21(16)30)9-19-24(33)31-27(36)32(25(19)34)18-7-4-15(5-8-18)26(35)38-2/h3-12H,13H2,1-2H3,(H,31,33,36)/b19-9+. The number of anilines is 1. The number of urea groups is 1. The molecule has 1 fully saturated rings. The van der Waals surface area contributed by atoms with E-state index >= 15 is 0 Å². The minimum Gasteiger partial charge on any atom is -0.493 e. The molecule has 1 N–H and O–H groups in total. The molecule has 0 bridgehead atoms. The third-order valence-corrected chi connectivity index (χ3v) is 6.77. The molecule has 9 nitrogen and oxygen atoms in total. The highest BCUT2D eigenvalue weighted by molar-refractivity contribution is 9.10. The van der Waals surface area contributed by atoms with E-state index in [1.54, 1.807) is 30.3 Å². The van der Waals surface area contributed by atoms with Crippen LogP contribution in [0.25, 0.3) is 6.08 Å². The zero-order valence-electron chi connectivity index (χ0n) is 20.4. The van der Waals surface area contributed by atoms with Crippen molar-refractivity contribution >= 4 is 74.7 Å². The summed E-state index contributed by atoms with van der Waals surface area (Å²) >= 11 is 15.6. The number of imide groups is 2. The van der Waals surface area contributed by atoms with Gasteiger partial charge in [-0.15, -0.1) is 0 Å². The highest BCUT2D eigenvalue weighted by Gasteiger charge is 2.37. The average Bonchev–Trinajstić information content (AvgIpc) is 2.91. The van der Waals surface area contributed by atoms with Crippen molar-refractivity contribution in [3.05, 3.63) is 91.4 Å². The summed E-state index contributed by atoms with van der Waals surface area (Å²) in [6.45, 7) is 0.123.